The zero-order valence-corrected chi connectivity index (χ0v) is 47.1. The van der Waals surface area contributed by atoms with Gasteiger partial charge in [0.1, 0.15) is 48.3 Å². The molecule has 0 aliphatic rings. The normalized spacial score (nSPS) is 15.2. The molecule has 0 aliphatic heterocycles. The molecule has 0 fully saturated rings. The molecule has 0 saturated carbocycles. The van der Waals surface area contributed by atoms with E-state index < -0.39 is 163 Å². The molecule has 14 N–H and O–H groups in total. The average Bonchev–Trinajstić information content (AvgIpc) is 3.34. The highest BCUT2D eigenvalue weighted by atomic mass is 32.2. The number of thioether (sulfide) groups is 1. The Labute approximate surface area is 446 Å². The molecule has 0 radical (unpaired) electrons. The van der Waals surface area contributed by atoms with Crippen molar-refractivity contribution in [3.63, 3.8) is 0 Å². The number of carboxylic acid groups (broad SMARTS) is 1. The quantitative estimate of drug-likeness (QED) is 0.0331. The molecule has 0 rings (SSSR count). The summed E-state index contributed by atoms with van der Waals surface area (Å²) in [6.07, 6.45) is 2.97. The van der Waals surface area contributed by atoms with Gasteiger partial charge in [0.15, 0.2) is 0 Å². The molecular weight excluding hydrogens is 997 g/mol. The summed E-state index contributed by atoms with van der Waals surface area (Å²) in [6.45, 7) is 19.9. The maximum absolute atomic E-state index is 13.9. The second-order valence-corrected chi connectivity index (χ2v) is 21.1. The topological polar surface area (TPSA) is 383 Å². The minimum absolute atomic E-state index is 0.124. The van der Waals surface area contributed by atoms with Crippen LogP contribution in [0.2, 0.25) is 0 Å². The van der Waals surface area contributed by atoms with E-state index in [9.17, 15) is 62.6 Å². The van der Waals surface area contributed by atoms with Gasteiger partial charge in [-0.1, -0.05) is 95.9 Å². The van der Waals surface area contributed by atoms with Gasteiger partial charge in [-0.2, -0.15) is 11.8 Å². The summed E-state index contributed by atoms with van der Waals surface area (Å²) in [5.74, 6) is -10.9. The van der Waals surface area contributed by atoms with Gasteiger partial charge in [0, 0.05) is 0 Å². The predicted octanol–water partition coefficient (Wildman–Crippen LogP) is -1.86. The number of carbonyl (C=O) groups is 12. The minimum atomic E-state index is -1.23. The van der Waals surface area contributed by atoms with E-state index >= 15 is 0 Å². The number of carbonyl (C=O) groups excluding carboxylic acids is 11. The van der Waals surface area contributed by atoms with E-state index in [0.717, 1.165) is 0 Å². The van der Waals surface area contributed by atoms with Crippen LogP contribution in [0.1, 0.15) is 116 Å². The Morgan fingerprint density at radius 3 is 1.33 bits per heavy atom. The van der Waals surface area contributed by atoms with Gasteiger partial charge in [0.05, 0.1) is 26.2 Å². The Balaban J connectivity index is 5.89. The minimum Gasteiger partial charge on any atom is -0.480 e. The SMILES string of the molecule is CC[C@H](C)[C@H](NC(=O)[C@H](C)NC(=O)CN)C(=O)N[C@H](C(=O)NCC(=O)N[C@@H](CC(C)C)C(=O)N[C@@H](CCSC)C(=O)N[C@H](C(=O)NCC(=O)NCC(=O)N[C@H](C(=O)N[C@H](C(=O)O)C(C)C)C(C)C)C(C)C)[C@@H](C)CC. The number of amides is 11. The summed E-state index contributed by atoms with van der Waals surface area (Å²) in [4.78, 5) is 156. The average molecular weight is 1090 g/mol. The molecule has 0 spiro atoms. The number of nitrogens with two attached hydrogens (primary N) is 1. The fourth-order valence-corrected chi connectivity index (χ4v) is 7.59. The van der Waals surface area contributed by atoms with Crippen molar-refractivity contribution in [2.24, 2.45) is 41.2 Å². The third-order valence-corrected chi connectivity index (χ3v) is 12.8. The molecule has 11 amide bonds. The molecule has 75 heavy (non-hydrogen) atoms. The summed E-state index contributed by atoms with van der Waals surface area (Å²) < 4.78 is 0. The summed E-state index contributed by atoms with van der Waals surface area (Å²) >= 11 is 1.40. The smallest absolute Gasteiger partial charge is 0.326 e. The molecule has 0 aromatic carbocycles. The molecule has 0 aliphatic carbocycles. The Morgan fingerprint density at radius 1 is 0.440 bits per heavy atom. The highest BCUT2D eigenvalue weighted by Crippen LogP contribution is 2.14. The second-order valence-electron chi connectivity index (χ2n) is 20.1. The highest BCUT2D eigenvalue weighted by molar-refractivity contribution is 7.98. The van der Waals surface area contributed by atoms with Crippen molar-refractivity contribution in [3.8, 4) is 0 Å². The highest BCUT2D eigenvalue weighted by Gasteiger charge is 2.35. The van der Waals surface area contributed by atoms with Crippen molar-refractivity contribution in [2.75, 3.05) is 38.2 Å². The van der Waals surface area contributed by atoms with Crippen molar-refractivity contribution < 1.29 is 62.6 Å². The molecule has 0 heterocycles. The first kappa shape index (κ1) is 69.0. The first-order valence-electron chi connectivity index (χ1n) is 25.6. The zero-order chi connectivity index (χ0) is 57.9. The molecule has 0 aromatic rings. The van der Waals surface area contributed by atoms with Crippen molar-refractivity contribution in [3.05, 3.63) is 0 Å². The van der Waals surface area contributed by atoms with E-state index in [1.165, 1.54) is 18.7 Å². The Morgan fingerprint density at radius 2 is 0.853 bits per heavy atom. The molecule has 428 valence electrons. The van der Waals surface area contributed by atoms with Gasteiger partial charge >= 0.3 is 5.97 Å². The summed E-state index contributed by atoms with van der Waals surface area (Å²) in [5.41, 5.74) is 5.34. The van der Waals surface area contributed by atoms with Crippen LogP contribution >= 0.6 is 11.8 Å². The number of hydrogen-bond acceptors (Lipinski definition) is 14. The van der Waals surface area contributed by atoms with Crippen LogP contribution in [0.15, 0.2) is 0 Å². The molecular formula is C49H88N12O13S. The van der Waals surface area contributed by atoms with Gasteiger partial charge in [-0.25, -0.2) is 4.79 Å². The van der Waals surface area contributed by atoms with Crippen LogP contribution in [0.3, 0.4) is 0 Å². The summed E-state index contributed by atoms with van der Waals surface area (Å²) in [7, 11) is 0. The zero-order valence-electron chi connectivity index (χ0n) is 46.3. The lowest BCUT2D eigenvalue weighted by Crippen LogP contribution is -2.60. The first-order chi connectivity index (χ1) is 34.9. The first-order valence-corrected chi connectivity index (χ1v) is 27.0. The van der Waals surface area contributed by atoms with Crippen LogP contribution in [0.25, 0.3) is 0 Å². The molecule has 0 saturated heterocycles. The van der Waals surface area contributed by atoms with E-state index in [1.807, 2.05) is 20.8 Å². The fourth-order valence-electron chi connectivity index (χ4n) is 7.12. The molecule has 10 atom stereocenters. The number of nitrogens with one attached hydrogen (secondary N) is 11. The van der Waals surface area contributed by atoms with E-state index in [-0.39, 0.29) is 31.2 Å². The summed E-state index contributed by atoms with van der Waals surface area (Å²) in [6, 6.07) is -9.06. The lowest BCUT2D eigenvalue weighted by molar-refractivity contribution is -0.143. The van der Waals surface area contributed by atoms with Crippen molar-refractivity contribution in [1.29, 1.82) is 0 Å². The number of hydrogen-bond donors (Lipinski definition) is 13. The lowest BCUT2D eigenvalue weighted by Gasteiger charge is -2.29. The van der Waals surface area contributed by atoms with Gasteiger partial charge < -0.3 is 69.3 Å². The molecule has 0 unspecified atom stereocenters. The van der Waals surface area contributed by atoms with Gasteiger partial charge in [-0.3, -0.25) is 52.7 Å². The molecule has 25 nitrogen and oxygen atoms in total. The van der Waals surface area contributed by atoms with Gasteiger partial charge in [0.2, 0.25) is 65.0 Å². The van der Waals surface area contributed by atoms with E-state index in [0.29, 0.717) is 18.6 Å². The van der Waals surface area contributed by atoms with E-state index in [1.54, 1.807) is 68.6 Å². The van der Waals surface area contributed by atoms with Gasteiger partial charge in [-0.05, 0) is 67.3 Å². The molecule has 0 bridgehead atoms. The Bertz CT molecular complexity index is 1960. The van der Waals surface area contributed by atoms with Crippen LogP contribution in [0.5, 0.6) is 0 Å². The molecule has 26 heteroatoms. The number of carboxylic acids is 1. The van der Waals surface area contributed by atoms with Crippen LogP contribution in [-0.2, 0) is 57.5 Å². The third kappa shape index (κ3) is 25.8. The largest absolute Gasteiger partial charge is 0.480 e. The van der Waals surface area contributed by atoms with Crippen LogP contribution < -0.4 is 64.2 Å². The summed E-state index contributed by atoms with van der Waals surface area (Å²) in [5, 5.41) is 37.5. The van der Waals surface area contributed by atoms with Gasteiger partial charge in [-0.15, -0.1) is 0 Å². The molecule has 0 aromatic heterocycles. The standard InChI is InChI=1S/C49H88N12O13S/c1-15-28(11)40(61-48(72)41(29(12)16-2)60-42(66)30(13)54-33(62)20-50)46(70)53-23-35(64)55-32(19-24(3)4)44(68)56-31(17-18-75-14)43(67)58-37(25(5)6)45(69)52-21-34(63)51-22-36(65)57-38(26(7)8)47(71)59-39(27(9)10)49(73)74/h24-32,37-41H,15-23,50H2,1-14H3,(H,51,63)(H,52,69)(H,53,70)(H,54,62)(H,55,64)(H,56,68)(H,57,65)(H,58,67)(H,59,71)(H,60,66)(H,61,72)(H,73,74)/t28-,29-,30-,31-,32-,37-,38-,39-,40-,41-/m0/s1. The maximum Gasteiger partial charge on any atom is 0.326 e. The Kier molecular flexibility index (Phi) is 32.4. The fraction of sp³-hybridized carbons (Fsp3) is 0.755. The predicted molar refractivity (Wildman–Crippen MR) is 283 cm³/mol. The number of aliphatic carboxylic acids is 1. The second kappa shape index (κ2) is 35.3. The number of rotatable bonds is 35. The van der Waals surface area contributed by atoms with E-state index in [4.69, 9.17) is 5.73 Å². The van der Waals surface area contributed by atoms with Crippen LogP contribution in [0.4, 0.5) is 0 Å². The Hall–Kier alpha value is -6.05. The van der Waals surface area contributed by atoms with Crippen LogP contribution in [0, 0.1) is 35.5 Å². The third-order valence-electron chi connectivity index (χ3n) is 12.2. The van der Waals surface area contributed by atoms with Crippen molar-refractivity contribution in [2.45, 2.75) is 164 Å². The van der Waals surface area contributed by atoms with Crippen molar-refractivity contribution >= 4 is 82.7 Å². The monoisotopic (exact) mass is 1080 g/mol. The lowest BCUT2D eigenvalue weighted by atomic mass is 9.94. The van der Waals surface area contributed by atoms with Crippen molar-refractivity contribution in [1.82, 2.24) is 58.5 Å². The van der Waals surface area contributed by atoms with Gasteiger partial charge in [0.25, 0.3) is 0 Å². The van der Waals surface area contributed by atoms with Crippen LogP contribution in [-0.4, -0.2) is 163 Å². The maximum atomic E-state index is 13.9. The van der Waals surface area contributed by atoms with E-state index in [2.05, 4.69) is 58.5 Å².